The average Bonchev–Trinajstić information content (AvgIpc) is 3.31. The third-order valence-electron chi connectivity index (χ3n) is 3.97. The molecule has 8 nitrogen and oxygen atoms in total. The van der Waals surface area contributed by atoms with Gasteiger partial charge in [0.1, 0.15) is 22.9 Å². The summed E-state index contributed by atoms with van der Waals surface area (Å²) >= 11 is 1.35. The highest BCUT2D eigenvalue weighted by molar-refractivity contribution is 7.10. The van der Waals surface area contributed by atoms with E-state index in [4.69, 9.17) is 9.47 Å². The Kier molecular flexibility index (Phi) is 6.51. The van der Waals surface area contributed by atoms with Crippen LogP contribution >= 0.6 is 11.3 Å². The summed E-state index contributed by atoms with van der Waals surface area (Å²) in [6.07, 6.45) is 4.34. The van der Waals surface area contributed by atoms with Crippen LogP contribution in [0.5, 0.6) is 0 Å². The average molecular weight is 429 g/mol. The molecule has 9 heteroatoms. The van der Waals surface area contributed by atoms with Crippen LogP contribution in [-0.4, -0.2) is 39.2 Å². The summed E-state index contributed by atoms with van der Waals surface area (Å²) in [4.78, 5) is 36.5. The SMILES string of the molecule is C=CCOC(=O)C[C@@H](NC(=O)OC(C)(C)C)c1nc(-c2c[nH]c3ncccc23)cs1. The molecule has 3 aromatic heterocycles. The maximum atomic E-state index is 12.3. The van der Waals surface area contributed by atoms with E-state index in [9.17, 15) is 9.59 Å². The number of amides is 1. The van der Waals surface area contributed by atoms with E-state index in [0.29, 0.717) is 5.01 Å². The number of carbonyl (C=O) groups is 2. The normalized spacial score (nSPS) is 12.4. The number of ether oxygens (including phenoxy) is 2. The maximum Gasteiger partial charge on any atom is 0.408 e. The zero-order valence-corrected chi connectivity index (χ0v) is 17.9. The summed E-state index contributed by atoms with van der Waals surface area (Å²) in [6.45, 7) is 8.94. The van der Waals surface area contributed by atoms with Crippen molar-refractivity contribution in [1.82, 2.24) is 20.3 Å². The van der Waals surface area contributed by atoms with E-state index in [1.165, 1.54) is 17.4 Å². The van der Waals surface area contributed by atoms with E-state index < -0.39 is 23.7 Å². The second kappa shape index (κ2) is 9.08. The van der Waals surface area contributed by atoms with Crippen molar-refractivity contribution in [2.75, 3.05) is 6.61 Å². The second-order valence-electron chi connectivity index (χ2n) is 7.55. The van der Waals surface area contributed by atoms with Gasteiger partial charge in [0.25, 0.3) is 0 Å². The summed E-state index contributed by atoms with van der Waals surface area (Å²) in [5.74, 6) is -0.469. The molecule has 0 aliphatic heterocycles. The fourth-order valence-corrected chi connectivity index (χ4v) is 3.64. The first-order valence-electron chi connectivity index (χ1n) is 9.41. The lowest BCUT2D eigenvalue weighted by Crippen LogP contribution is -2.36. The first-order chi connectivity index (χ1) is 14.3. The molecule has 1 amide bonds. The lowest BCUT2D eigenvalue weighted by molar-refractivity contribution is -0.143. The van der Waals surface area contributed by atoms with Gasteiger partial charge in [0.15, 0.2) is 0 Å². The number of esters is 1. The van der Waals surface area contributed by atoms with Crippen molar-refractivity contribution in [2.24, 2.45) is 0 Å². The Hall–Kier alpha value is -3.20. The molecule has 1 atom stereocenters. The number of hydrogen-bond donors (Lipinski definition) is 2. The number of H-pyrrole nitrogens is 1. The van der Waals surface area contributed by atoms with Gasteiger partial charge >= 0.3 is 12.1 Å². The van der Waals surface area contributed by atoms with E-state index in [1.807, 2.05) is 23.7 Å². The zero-order chi connectivity index (χ0) is 21.7. The number of fused-ring (bicyclic) bond motifs is 1. The Morgan fingerprint density at radius 2 is 2.20 bits per heavy atom. The van der Waals surface area contributed by atoms with Crippen molar-refractivity contribution >= 4 is 34.4 Å². The Morgan fingerprint density at radius 1 is 1.40 bits per heavy atom. The Bertz CT molecular complexity index is 1050. The molecule has 0 aromatic carbocycles. The second-order valence-corrected chi connectivity index (χ2v) is 8.44. The number of hydrogen-bond acceptors (Lipinski definition) is 7. The molecule has 0 bridgehead atoms. The highest BCUT2D eigenvalue weighted by atomic mass is 32.1. The molecule has 2 N–H and O–H groups in total. The molecular weight excluding hydrogens is 404 g/mol. The summed E-state index contributed by atoms with van der Waals surface area (Å²) in [6, 6.07) is 3.13. The van der Waals surface area contributed by atoms with Gasteiger partial charge in [0.2, 0.25) is 0 Å². The predicted molar refractivity (Wildman–Crippen MR) is 115 cm³/mol. The number of aromatic amines is 1. The first kappa shape index (κ1) is 21.5. The number of thiazole rings is 1. The fraction of sp³-hybridized carbons (Fsp3) is 0.333. The van der Waals surface area contributed by atoms with Crippen LogP contribution in [0.4, 0.5) is 4.79 Å². The third-order valence-corrected chi connectivity index (χ3v) is 4.93. The van der Waals surface area contributed by atoms with Gasteiger partial charge in [-0.25, -0.2) is 14.8 Å². The monoisotopic (exact) mass is 428 g/mol. The molecule has 3 rings (SSSR count). The van der Waals surface area contributed by atoms with Crippen LogP contribution in [0, 0.1) is 0 Å². The summed E-state index contributed by atoms with van der Waals surface area (Å²) in [5, 5.41) is 6.13. The molecule has 0 saturated carbocycles. The maximum absolute atomic E-state index is 12.3. The van der Waals surface area contributed by atoms with E-state index in [0.717, 1.165) is 22.3 Å². The molecule has 0 aliphatic rings. The molecular formula is C21H24N4O4S. The number of alkyl carbamates (subject to hydrolysis) is 1. The van der Waals surface area contributed by atoms with Gasteiger partial charge in [-0.3, -0.25) is 4.79 Å². The van der Waals surface area contributed by atoms with Gasteiger partial charge in [-0.15, -0.1) is 11.3 Å². The lowest BCUT2D eigenvalue weighted by Gasteiger charge is -2.22. The van der Waals surface area contributed by atoms with Crippen LogP contribution < -0.4 is 5.32 Å². The fourth-order valence-electron chi connectivity index (χ4n) is 2.77. The number of nitrogens with one attached hydrogen (secondary N) is 2. The van der Waals surface area contributed by atoms with E-state index >= 15 is 0 Å². The quantitative estimate of drug-likeness (QED) is 0.427. The Balaban J connectivity index is 1.84. The standard InChI is InChI=1S/C21H24N4O4S/c1-5-9-28-17(26)10-15(25-20(27)29-21(2,3)4)19-24-16(12-30-19)14-11-23-18-13(14)7-6-8-22-18/h5-8,11-12,15H,1,9-10H2,2-4H3,(H,22,23)(H,25,27)/t15-/m1/s1. The molecule has 0 spiro atoms. The minimum absolute atomic E-state index is 0.0739. The van der Waals surface area contributed by atoms with E-state index in [-0.39, 0.29) is 13.0 Å². The van der Waals surface area contributed by atoms with Crippen LogP contribution in [0.2, 0.25) is 0 Å². The molecule has 0 saturated heterocycles. The van der Waals surface area contributed by atoms with Gasteiger partial charge in [-0.2, -0.15) is 0 Å². The zero-order valence-electron chi connectivity index (χ0n) is 17.1. The molecule has 0 unspecified atom stereocenters. The van der Waals surface area contributed by atoms with Crippen molar-refractivity contribution in [3.63, 3.8) is 0 Å². The minimum atomic E-state index is -0.681. The van der Waals surface area contributed by atoms with Crippen molar-refractivity contribution in [3.05, 3.63) is 47.6 Å². The van der Waals surface area contributed by atoms with E-state index in [1.54, 1.807) is 27.0 Å². The number of pyridine rings is 1. The molecule has 3 heterocycles. The van der Waals surface area contributed by atoms with Crippen LogP contribution in [-0.2, 0) is 14.3 Å². The van der Waals surface area contributed by atoms with Gasteiger partial charge in [-0.1, -0.05) is 12.7 Å². The molecule has 0 fully saturated rings. The molecule has 0 aliphatic carbocycles. The smallest absolute Gasteiger partial charge is 0.408 e. The predicted octanol–water partition coefficient (Wildman–Crippen LogP) is 4.37. The van der Waals surface area contributed by atoms with Crippen LogP contribution in [0.25, 0.3) is 22.3 Å². The molecule has 30 heavy (non-hydrogen) atoms. The minimum Gasteiger partial charge on any atom is -0.461 e. The van der Waals surface area contributed by atoms with E-state index in [2.05, 4.69) is 26.8 Å². The van der Waals surface area contributed by atoms with Crippen LogP contribution in [0.15, 0.2) is 42.6 Å². The molecule has 158 valence electrons. The summed E-state index contributed by atoms with van der Waals surface area (Å²) < 4.78 is 10.4. The summed E-state index contributed by atoms with van der Waals surface area (Å²) in [7, 11) is 0. The number of aromatic nitrogens is 3. The third kappa shape index (κ3) is 5.44. The van der Waals surface area contributed by atoms with Crippen LogP contribution in [0.3, 0.4) is 0 Å². The first-order valence-corrected chi connectivity index (χ1v) is 10.3. The van der Waals surface area contributed by atoms with Crippen molar-refractivity contribution in [2.45, 2.75) is 38.8 Å². The molecule has 3 aromatic rings. The van der Waals surface area contributed by atoms with Crippen molar-refractivity contribution in [3.8, 4) is 11.3 Å². The van der Waals surface area contributed by atoms with Crippen molar-refractivity contribution in [1.29, 1.82) is 0 Å². The van der Waals surface area contributed by atoms with Crippen LogP contribution in [0.1, 0.15) is 38.2 Å². The largest absolute Gasteiger partial charge is 0.461 e. The van der Waals surface area contributed by atoms with Gasteiger partial charge < -0.3 is 19.8 Å². The highest BCUT2D eigenvalue weighted by Gasteiger charge is 2.26. The van der Waals surface area contributed by atoms with Gasteiger partial charge in [0, 0.05) is 28.7 Å². The number of nitrogens with zero attached hydrogens (tertiary/aromatic N) is 2. The summed E-state index contributed by atoms with van der Waals surface area (Å²) in [5.41, 5.74) is 1.72. The lowest BCUT2D eigenvalue weighted by atomic mass is 10.1. The number of carbonyl (C=O) groups excluding carboxylic acids is 2. The number of rotatable bonds is 7. The molecule has 0 radical (unpaired) electrons. The van der Waals surface area contributed by atoms with Gasteiger partial charge in [0.05, 0.1) is 18.2 Å². The highest BCUT2D eigenvalue weighted by Crippen LogP contribution is 2.31. The topological polar surface area (TPSA) is 106 Å². The Labute approximate surface area is 178 Å². The Morgan fingerprint density at radius 3 is 2.93 bits per heavy atom. The van der Waals surface area contributed by atoms with Gasteiger partial charge in [-0.05, 0) is 32.9 Å². The van der Waals surface area contributed by atoms with Crippen molar-refractivity contribution < 1.29 is 19.1 Å².